The minimum absolute atomic E-state index is 0.139. The Hall–Kier alpha value is -2.73. The molecule has 0 saturated carbocycles. The van der Waals surface area contributed by atoms with Crippen molar-refractivity contribution in [1.82, 2.24) is 0 Å². The quantitative estimate of drug-likeness (QED) is 0.790. The summed E-state index contributed by atoms with van der Waals surface area (Å²) < 4.78 is 20.9. The lowest BCUT2D eigenvalue weighted by Crippen LogP contribution is -1.99. The molecule has 0 atom stereocenters. The number of carbonyl (C=O) groups is 1. The number of furan rings is 1. The summed E-state index contributed by atoms with van der Waals surface area (Å²) in [6, 6.07) is 8.76. The standard InChI is InChI=1S/C17H19NO5/c1-20-16-10-12(4-3-9-18)5-7-14(16)22-11-13-6-8-15(23-13)17(19)21-2/h3-8,10H,9,11,18H2,1-2H3. The molecule has 6 heteroatoms. The molecule has 0 bridgehead atoms. The van der Waals surface area contributed by atoms with Crippen molar-refractivity contribution in [3.8, 4) is 11.5 Å². The molecule has 0 spiro atoms. The van der Waals surface area contributed by atoms with E-state index >= 15 is 0 Å². The molecule has 2 N–H and O–H groups in total. The fourth-order valence-corrected chi connectivity index (χ4v) is 1.93. The molecule has 0 aliphatic carbocycles. The van der Waals surface area contributed by atoms with Crippen LogP contribution in [0.4, 0.5) is 0 Å². The van der Waals surface area contributed by atoms with Crippen molar-refractivity contribution in [3.63, 3.8) is 0 Å². The second-order valence-electron chi connectivity index (χ2n) is 4.59. The van der Waals surface area contributed by atoms with E-state index < -0.39 is 5.97 Å². The first kappa shape index (κ1) is 16.6. The molecule has 1 heterocycles. The molecule has 122 valence electrons. The fraction of sp³-hybridized carbons (Fsp3) is 0.235. The fourth-order valence-electron chi connectivity index (χ4n) is 1.93. The smallest absolute Gasteiger partial charge is 0.373 e. The number of carbonyl (C=O) groups excluding carboxylic acids is 1. The number of nitrogens with two attached hydrogens (primary N) is 1. The van der Waals surface area contributed by atoms with Crippen molar-refractivity contribution in [1.29, 1.82) is 0 Å². The van der Waals surface area contributed by atoms with E-state index in [4.69, 9.17) is 19.6 Å². The molecule has 0 aliphatic heterocycles. The van der Waals surface area contributed by atoms with Crippen LogP contribution in [0.5, 0.6) is 11.5 Å². The van der Waals surface area contributed by atoms with Crippen LogP contribution in [0.15, 0.2) is 40.8 Å². The number of hydrogen-bond acceptors (Lipinski definition) is 6. The zero-order chi connectivity index (χ0) is 16.7. The monoisotopic (exact) mass is 317 g/mol. The minimum atomic E-state index is -0.523. The Kier molecular flexibility index (Phi) is 5.82. The molecular formula is C17H19NO5. The average molecular weight is 317 g/mol. The maximum Gasteiger partial charge on any atom is 0.373 e. The van der Waals surface area contributed by atoms with Crippen LogP contribution in [0.25, 0.3) is 6.08 Å². The van der Waals surface area contributed by atoms with Gasteiger partial charge in [0, 0.05) is 6.54 Å². The lowest BCUT2D eigenvalue weighted by Gasteiger charge is -2.10. The van der Waals surface area contributed by atoms with Crippen molar-refractivity contribution >= 4 is 12.0 Å². The van der Waals surface area contributed by atoms with Gasteiger partial charge in [0.15, 0.2) is 11.5 Å². The first-order valence-corrected chi connectivity index (χ1v) is 7.02. The van der Waals surface area contributed by atoms with Gasteiger partial charge in [0.2, 0.25) is 5.76 Å². The van der Waals surface area contributed by atoms with Crippen molar-refractivity contribution in [2.45, 2.75) is 6.61 Å². The van der Waals surface area contributed by atoms with Crippen LogP contribution in [-0.2, 0) is 11.3 Å². The summed E-state index contributed by atoms with van der Waals surface area (Å²) in [5, 5.41) is 0. The molecule has 2 aromatic rings. The maximum atomic E-state index is 11.3. The molecule has 2 rings (SSSR count). The lowest BCUT2D eigenvalue weighted by molar-refractivity contribution is 0.0561. The molecule has 1 aromatic heterocycles. The Morgan fingerprint density at radius 2 is 2.04 bits per heavy atom. The summed E-state index contributed by atoms with van der Waals surface area (Å²) >= 11 is 0. The van der Waals surface area contributed by atoms with E-state index in [2.05, 4.69) is 4.74 Å². The first-order chi connectivity index (χ1) is 11.2. The van der Waals surface area contributed by atoms with Crippen LogP contribution in [0.2, 0.25) is 0 Å². The third kappa shape index (κ3) is 4.37. The van der Waals surface area contributed by atoms with Gasteiger partial charge in [-0.3, -0.25) is 0 Å². The predicted molar refractivity (Wildman–Crippen MR) is 85.5 cm³/mol. The van der Waals surface area contributed by atoms with Crippen molar-refractivity contribution < 1.29 is 23.4 Å². The summed E-state index contributed by atoms with van der Waals surface area (Å²) in [7, 11) is 2.87. The third-order valence-corrected chi connectivity index (χ3v) is 3.05. The van der Waals surface area contributed by atoms with Gasteiger partial charge in [-0.2, -0.15) is 0 Å². The van der Waals surface area contributed by atoms with Gasteiger partial charge in [0.1, 0.15) is 12.4 Å². The molecule has 0 aliphatic rings. The molecule has 0 amide bonds. The molecule has 0 radical (unpaired) electrons. The highest BCUT2D eigenvalue weighted by Gasteiger charge is 2.12. The van der Waals surface area contributed by atoms with Gasteiger partial charge < -0.3 is 24.4 Å². The zero-order valence-electron chi connectivity index (χ0n) is 13.1. The minimum Gasteiger partial charge on any atom is -0.493 e. The number of benzene rings is 1. The molecule has 23 heavy (non-hydrogen) atoms. The van der Waals surface area contributed by atoms with E-state index in [-0.39, 0.29) is 12.4 Å². The van der Waals surface area contributed by atoms with Crippen molar-refractivity contribution in [3.05, 3.63) is 53.5 Å². The first-order valence-electron chi connectivity index (χ1n) is 7.02. The van der Waals surface area contributed by atoms with Gasteiger partial charge in [0.25, 0.3) is 0 Å². The van der Waals surface area contributed by atoms with Gasteiger partial charge in [-0.05, 0) is 29.8 Å². The second-order valence-corrected chi connectivity index (χ2v) is 4.59. The van der Waals surface area contributed by atoms with Crippen molar-refractivity contribution in [2.24, 2.45) is 5.73 Å². The zero-order valence-corrected chi connectivity index (χ0v) is 13.1. The SMILES string of the molecule is COC(=O)c1ccc(COc2ccc(C=CCN)cc2OC)o1. The third-order valence-electron chi connectivity index (χ3n) is 3.05. The Balaban J connectivity index is 2.06. The lowest BCUT2D eigenvalue weighted by atomic mass is 10.2. The Labute approximate surface area is 134 Å². The van der Waals surface area contributed by atoms with Gasteiger partial charge >= 0.3 is 5.97 Å². The van der Waals surface area contributed by atoms with Crippen molar-refractivity contribution in [2.75, 3.05) is 20.8 Å². The normalized spacial score (nSPS) is 10.7. The summed E-state index contributed by atoms with van der Waals surface area (Å²) in [5.74, 6) is 1.31. The van der Waals surface area contributed by atoms with Gasteiger partial charge in [-0.15, -0.1) is 0 Å². The number of esters is 1. The van der Waals surface area contributed by atoms with E-state index in [1.54, 1.807) is 25.3 Å². The Morgan fingerprint density at radius 3 is 2.74 bits per heavy atom. The van der Waals surface area contributed by atoms with E-state index in [0.717, 1.165) is 5.56 Å². The predicted octanol–water partition coefficient (Wildman–Crippen LogP) is 2.63. The summed E-state index contributed by atoms with van der Waals surface area (Å²) in [6.45, 7) is 0.646. The highest BCUT2D eigenvalue weighted by atomic mass is 16.5. The number of rotatable bonds is 7. The van der Waals surface area contributed by atoms with Gasteiger partial charge in [-0.25, -0.2) is 4.79 Å². The highest BCUT2D eigenvalue weighted by molar-refractivity contribution is 5.86. The summed E-state index contributed by atoms with van der Waals surface area (Å²) in [4.78, 5) is 11.3. The number of ether oxygens (including phenoxy) is 3. The Morgan fingerprint density at radius 1 is 1.22 bits per heavy atom. The highest BCUT2D eigenvalue weighted by Crippen LogP contribution is 2.29. The second kappa shape index (κ2) is 8.05. The molecule has 1 aromatic carbocycles. The van der Waals surface area contributed by atoms with Crippen LogP contribution in [0.3, 0.4) is 0 Å². The largest absolute Gasteiger partial charge is 0.493 e. The molecule has 0 fully saturated rings. The summed E-state index contributed by atoms with van der Waals surface area (Å²) in [5.41, 5.74) is 6.40. The van der Waals surface area contributed by atoms with Crippen LogP contribution < -0.4 is 15.2 Å². The maximum absolute atomic E-state index is 11.3. The molecular weight excluding hydrogens is 298 g/mol. The topological polar surface area (TPSA) is 83.9 Å². The van der Waals surface area contributed by atoms with Crippen LogP contribution in [-0.4, -0.2) is 26.7 Å². The number of hydrogen-bond donors (Lipinski definition) is 1. The van der Waals surface area contributed by atoms with Crippen LogP contribution in [0.1, 0.15) is 21.9 Å². The average Bonchev–Trinajstić information content (AvgIpc) is 3.06. The van der Waals surface area contributed by atoms with E-state index in [1.807, 2.05) is 24.3 Å². The molecule has 0 saturated heterocycles. The Bertz CT molecular complexity index is 690. The van der Waals surface area contributed by atoms with E-state index in [0.29, 0.717) is 23.8 Å². The summed E-state index contributed by atoms with van der Waals surface area (Å²) in [6.07, 6.45) is 3.76. The van der Waals surface area contributed by atoms with E-state index in [1.165, 1.54) is 7.11 Å². The van der Waals surface area contributed by atoms with E-state index in [9.17, 15) is 4.79 Å². The van der Waals surface area contributed by atoms with Gasteiger partial charge in [0.05, 0.1) is 14.2 Å². The van der Waals surface area contributed by atoms with Crippen LogP contribution >= 0.6 is 0 Å². The molecule has 0 unspecified atom stereocenters. The van der Waals surface area contributed by atoms with Crippen LogP contribution in [0, 0.1) is 0 Å². The number of methoxy groups -OCH3 is 2. The molecule has 6 nitrogen and oxygen atoms in total. The van der Waals surface area contributed by atoms with Gasteiger partial charge in [-0.1, -0.05) is 18.2 Å².